The van der Waals surface area contributed by atoms with Crippen LogP contribution in [0.15, 0.2) is 24.3 Å². The van der Waals surface area contributed by atoms with Crippen LogP contribution in [0.1, 0.15) is 25.5 Å². The number of nitrogens with zero attached hydrogens (tertiary/aromatic N) is 1. The normalized spacial score (nSPS) is 24.9. The molecular weight excluding hydrogens is 260 g/mol. The fourth-order valence-electron chi connectivity index (χ4n) is 2.80. The average molecular weight is 283 g/mol. The quantitative estimate of drug-likeness (QED) is 0.919. The van der Waals surface area contributed by atoms with Crippen LogP contribution in [0.5, 0.6) is 0 Å². The van der Waals surface area contributed by atoms with Crippen LogP contribution in [0.4, 0.5) is 0 Å². The van der Waals surface area contributed by atoms with Crippen LogP contribution in [0.2, 0.25) is 5.02 Å². The Labute approximate surface area is 120 Å². The molecule has 4 heteroatoms. The van der Waals surface area contributed by atoms with Crippen molar-refractivity contribution in [3.63, 3.8) is 0 Å². The van der Waals surface area contributed by atoms with Gasteiger partial charge in [0.25, 0.3) is 0 Å². The summed E-state index contributed by atoms with van der Waals surface area (Å²) in [4.78, 5) is 2.48. The van der Waals surface area contributed by atoms with Crippen LogP contribution in [-0.4, -0.2) is 43.8 Å². The monoisotopic (exact) mass is 282 g/mol. The third-order valence-corrected chi connectivity index (χ3v) is 4.03. The predicted molar refractivity (Wildman–Crippen MR) is 79.7 cm³/mol. The molecule has 1 aromatic rings. The first kappa shape index (κ1) is 14.8. The van der Waals surface area contributed by atoms with E-state index in [4.69, 9.17) is 16.3 Å². The summed E-state index contributed by atoms with van der Waals surface area (Å²) in [5, 5.41) is 4.05. The number of likely N-dealkylation sites (N-methyl/N-ethyl adjacent to an activating group) is 1. The van der Waals surface area contributed by atoms with Crippen molar-refractivity contribution in [3.8, 4) is 0 Å². The molecule has 1 heterocycles. The third-order valence-electron chi connectivity index (χ3n) is 3.68. The van der Waals surface area contributed by atoms with Gasteiger partial charge in [-0.1, -0.05) is 29.8 Å². The van der Waals surface area contributed by atoms with E-state index in [1.165, 1.54) is 0 Å². The van der Waals surface area contributed by atoms with Gasteiger partial charge in [0.05, 0.1) is 18.8 Å². The number of ether oxygens (including phenoxy) is 1. The van der Waals surface area contributed by atoms with Crippen molar-refractivity contribution in [1.82, 2.24) is 10.2 Å². The Hall–Kier alpha value is -0.610. The minimum Gasteiger partial charge on any atom is -0.374 e. The van der Waals surface area contributed by atoms with Crippen LogP contribution in [-0.2, 0) is 4.74 Å². The Bertz CT molecular complexity index is 409. The highest BCUT2D eigenvalue weighted by Crippen LogP contribution is 2.34. The van der Waals surface area contributed by atoms with E-state index in [1.807, 2.05) is 25.2 Å². The first-order valence-corrected chi connectivity index (χ1v) is 7.29. The lowest BCUT2D eigenvalue weighted by atomic mass is 9.96. The summed E-state index contributed by atoms with van der Waals surface area (Å²) in [7, 11) is 1.96. The van der Waals surface area contributed by atoms with Gasteiger partial charge < -0.3 is 10.1 Å². The van der Waals surface area contributed by atoms with Crippen molar-refractivity contribution in [2.24, 2.45) is 0 Å². The Kier molecular flexibility index (Phi) is 5.22. The average Bonchev–Trinajstić information content (AvgIpc) is 2.40. The standard InChI is InChI=1S/C15H23ClN2O/c1-11(2)18-8-9-19-14(10-17-3)15(18)12-6-4-5-7-13(12)16/h4-7,11,14-15,17H,8-10H2,1-3H3. The molecule has 1 saturated heterocycles. The molecule has 0 amide bonds. The topological polar surface area (TPSA) is 24.5 Å². The van der Waals surface area contributed by atoms with Gasteiger partial charge >= 0.3 is 0 Å². The van der Waals surface area contributed by atoms with Crippen molar-refractivity contribution in [1.29, 1.82) is 0 Å². The van der Waals surface area contributed by atoms with Crippen molar-refractivity contribution in [3.05, 3.63) is 34.9 Å². The lowest BCUT2D eigenvalue weighted by molar-refractivity contribution is -0.0815. The second-order valence-corrected chi connectivity index (χ2v) is 5.67. The lowest BCUT2D eigenvalue weighted by Crippen LogP contribution is -2.51. The molecular formula is C15H23ClN2O. The molecule has 3 nitrogen and oxygen atoms in total. The third kappa shape index (κ3) is 3.29. The largest absolute Gasteiger partial charge is 0.374 e. The number of nitrogens with one attached hydrogen (secondary N) is 1. The van der Waals surface area contributed by atoms with Crippen molar-refractivity contribution >= 4 is 11.6 Å². The predicted octanol–water partition coefficient (Wildman–Crippen LogP) is 2.71. The summed E-state index contributed by atoms with van der Waals surface area (Å²) in [5.74, 6) is 0. The van der Waals surface area contributed by atoms with E-state index in [0.29, 0.717) is 6.04 Å². The second-order valence-electron chi connectivity index (χ2n) is 5.26. The van der Waals surface area contributed by atoms with Gasteiger partial charge in [-0.05, 0) is 32.5 Å². The van der Waals surface area contributed by atoms with E-state index < -0.39 is 0 Å². The van der Waals surface area contributed by atoms with Crippen molar-refractivity contribution < 1.29 is 4.74 Å². The fourth-order valence-corrected chi connectivity index (χ4v) is 3.05. The van der Waals surface area contributed by atoms with Crippen LogP contribution < -0.4 is 5.32 Å². The Balaban J connectivity index is 2.34. The molecule has 19 heavy (non-hydrogen) atoms. The van der Waals surface area contributed by atoms with Gasteiger partial charge in [-0.15, -0.1) is 0 Å². The highest BCUT2D eigenvalue weighted by atomic mass is 35.5. The number of rotatable bonds is 4. The van der Waals surface area contributed by atoms with Gasteiger partial charge in [-0.3, -0.25) is 4.90 Å². The zero-order valence-electron chi connectivity index (χ0n) is 11.9. The maximum absolute atomic E-state index is 6.39. The van der Waals surface area contributed by atoms with E-state index in [-0.39, 0.29) is 12.1 Å². The van der Waals surface area contributed by atoms with Crippen LogP contribution in [0.25, 0.3) is 0 Å². The summed E-state index contributed by atoms with van der Waals surface area (Å²) in [6.07, 6.45) is 0.140. The molecule has 0 aliphatic carbocycles. The molecule has 2 unspecified atom stereocenters. The maximum Gasteiger partial charge on any atom is 0.0897 e. The first-order valence-electron chi connectivity index (χ1n) is 6.91. The molecule has 0 spiro atoms. The summed E-state index contributed by atoms with van der Waals surface area (Å²) in [5.41, 5.74) is 1.16. The SMILES string of the molecule is CNCC1OCCN(C(C)C)C1c1ccccc1Cl. The fraction of sp³-hybridized carbons (Fsp3) is 0.600. The molecule has 0 aromatic heterocycles. The van der Waals surface area contributed by atoms with Gasteiger partial charge in [-0.25, -0.2) is 0 Å². The molecule has 1 N–H and O–H groups in total. The molecule has 0 radical (unpaired) electrons. The van der Waals surface area contributed by atoms with Gasteiger partial charge in [0.2, 0.25) is 0 Å². The Morgan fingerprint density at radius 1 is 1.42 bits per heavy atom. The Morgan fingerprint density at radius 2 is 2.16 bits per heavy atom. The minimum absolute atomic E-state index is 0.140. The van der Waals surface area contributed by atoms with Gasteiger partial charge in [0.1, 0.15) is 0 Å². The highest BCUT2D eigenvalue weighted by Gasteiger charge is 2.35. The second kappa shape index (κ2) is 6.71. The van der Waals surface area contributed by atoms with E-state index >= 15 is 0 Å². The molecule has 1 fully saturated rings. The number of halogens is 1. The Morgan fingerprint density at radius 3 is 2.79 bits per heavy atom. The number of hydrogen-bond donors (Lipinski definition) is 1. The van der Waals surface area contributed by atoms with E-state index in [1.54, 1.807) is 0 Å². The van der Waals surface area contributed by atoms with Crippen LogP contribution in [0.3, 0.4) is 0 Å². The maximum atomic E-state index is 6.39. The molecule has 0 saturated carbocycles. The number of hydrogen-bond acceptors (Lipinski definition) is 3. The zero-order valence-corrected chi connectivity index (χ0v) is 12.7. The number of benzene rings is 1. The minimum atomic E-state index is 0.140. The molecule has 2 atom stereocenters. The van der Waals surface area contributed by atoms with Gasteiger partial charge in [0, 0.05) is 24.2 Å². The van der Waals surface area contributed by atoms with Crippen LogP contribution in [0, 0.1) is 0 Å². The molecule has 1 aliphatic rings. The lowest BCUT2D eigenvalue weighted by Gasteiger charge is -2.44. The summed E-state index contributed by atoms with van der Waals surface area (Å²) in [6, 6.07) is 8.78. The highest BCUT2D eigenvalue weighted by molar-refractivity contribution is 6.31. The molecule has 1 aromatic carbocycles. The summed E-state index contributed by atoms with van der Waals surface area (Å²) < 4.78 is 5.96. The first-order chi connectivity index (χ1) is 9.15. The molecule has 0 bridgehead atoms. The zero-order chi connectivity index (χ0) is 13.8. The van der Waals surface area contributed by atoms with Crippen molar-refractivity contribution in [2.75, 3.05) is 26.7 Å². The van der Waals surface area contributed by atoms with E-state index in [9.17, 15) is 0 Å². The molecule has 2 rings (SSSR count). The van der Waals surface area contributed by atoms with E-state index in [2.05, 4.69) is 30.1 Å². The molecule has 1 aliphatic heterocycles. The molecule has 106 valence electrons. The van der Waals surface area contributed by atoms with E-state index in [0.717, 1.165) is 30.3 Å². The van der Waals surface area contributed by atoms with Gasteiger partial charge in [-0.2, -0.15) is 0 Å². The summed E-state index contributed by atoms with van der Waals surface area (Å²) >= 11 is 6.39. The summed E-state index contributed by atoms with van der Waals surface area (Å²) in [6.45, 7) is 7.02. The van der Waals surface area contributed by atoms with Crippen molar-refractivity contribution in [2.45, 2.75) is 32.0 Å². The van der Waals surface area contributed by atoms with Crippen LogP contribution >= 0.6 is 11.6 Å². The smallest absolute Gasteiger partial charge is 0.0897 e. The van der Waals surface area contributed by atoms with Gasteiger partial charge in [0.15, 0.2) is 0 Å². The number of morpholine rings is 1.